The van der Waals surface area contributed by atoms with Crippen molar-refractivity contribution in [3.05, 3.63) is 65.4 Å². The van der Waals surface area contributed by atoms with Crippen LogP contribution in [0.4, 0.5) is 37.7 Å². The molecule has 3 rings (SSSR count). The topological polar surface area (TPSA) is 42.0 Å². The average molecular weight is 455 g/mol. The number of rotatable bonds is 3. The van der Waals surface area contributed by atoms with Gasteiger partial charge >= 0.3 is 12.4 Å². The summed E-state index contributed by atoms with van der Waals surface area (Å²) in [5.41, 5.74) is -2.94. The van der Waals surface area contributed by atoms with Crippen LogP contribution in [0, 0.1) is 0 Å². The predicted molar refractivity (Wildman–Crippen MR) is 98.9 cm³/mol. The first-order valence-corrected chi connectivity index (χ1v) is 7.99. The number of nitrogens with zero attached hydrogens (tertiary/aromatic N) is 1. The molecule has 0 atom stereocenters. The summed E-state index contributed by atoms with van der Waals surface area (Å²) in [6, 6.07) is 6.85. The highest BCUT2D eigenvalue weighted by Crippen LogP contribution is 2.38. The van der Waals surface area contributed by atoms with Crippen molar-refractivity contribution in [1.29, 1.82) is 0 Å². The number of carbonyl (C=O) groups excluding carboxylic acids is 1. The fraction of sp³-hybridized carbons (Fsp3) is 0.111. The molecule has 0 aliphatic heterocycles. The number of para-hydroxylation sites is 1. The third-order valence-electron chi connectivity index (χ3n) is 3.90. The maximum atomic E-state index is 13.2. The van der Waals surface area contributed by atoms with E-state index in [-0.39, 0.29) is 40.2 Å². The lowest BCUT2D eigenvalue weighted by molar-refractivity contribution is -0.138. The average Bonchev–Trinajstić information content (AvgIpc) is 2.59. The summed E-state index contributed by atoms with van der Waals surface area (Å²) in [5, 5.41) is 1.57. The molecule has 3 nitrogen and oxygen atoms in total. The van der Waals surface area contributed by atoms with Gasteiger partial charge in [0, 0.05) is 17.3 Å². The summed E-state index contributed by atoms with van der Waals surface area (Å²) in [6.45, 7) is 0. The van der Waals surface area contributed by atoms with E-state index in [1.165, 1.54) is 12.1 Å². The minimum atomic E-state index is -4.69. The van der Waals surface area contributed by atoms with Gasteiger partial charge in [-0.3, -0.25) is 9.78 Å². The molecule has 29 heavy (non-hydrogen) atoms. The number of alkyl halides is 6. The van der Waals surface area contributed by atoms with Crippen molar-refractivity contribution in [2.75, 3.05) is 5.32 Å². The van der Waals surface area contributed by atoms with Crippen LogP contribution in [0.2, 0.25) is 0 Å². The molecule has 0 amide bonds. The molecule has 0 fully saturated rings. The summed E-state index contributed by atoms with van der Waals surface area (Å²) in [7, 11) is 0. The number of halogens is 8. The molecule has 0 bridgehead atoms. The Kier molecular flexibility index (Phi) is 6.34. The lowest BCUT2D eigenvalue weighted by Crippen LogP contribution is -2.09. The van der Waals surface area contributed by atoms with Crippen molar-refractivity contribution in [2.24, 2.45) is 0 Å². The molecule has 1 N–H and O–H groups in total. The summed E-state index contributed by atoms with van der Waals surface area (Å²) >= 11 is 5.42. The molecule has 0 aliphatic rings. The second-order valence-corrected chi connectivity index (χ2v) is 6.06. The van der Waals surface area contributed by atoms with E-state index in [1.54, 1.807) is 0 Å². The predicted octanol–water partition coefficient (Wildman–Crippen LogP) is 6.82. The van der Waals surface area contributed by atoms with Crippen LogP contribution in [0.5, 0.6) is 0 Å². The van der Waals surface area contributed by atoms with Gasteiger partial charge in [0.25, 0.3) is 5.24 Å². The van der Waals surface area contributed by atoms with Gasteiger partial charge < -0.3 is 5.32 Å². The molecule has 0 saturated heterocycles. The van der Waals surface area contributed by atoms with Crippen molar-refractivity contribution < 1.29 is 31.1 Å². The van der Waals surface area contributed by atoms with Crippen LogP contribution in [0.25, 0.3) is 10.9 Å². The van der Waals surface area contributed by atoms with Gasteiger partial charge in [-0.25, -0.2) is 0 Å². The fourth-order valence-corrected chi connectivity index (χ4v) is 2.82. The van der Waals surface area contributed by atoms with E-state index in [9.17, 15) is 31.1 Å². The van der Waals surface area contributed by atoms with Crippen LogP contribution in [0.1, 0.15) is 21.5 Å². The number of carbonyl (C=O) groups is 1. The molecule has 0 aliphatic carbocycles. The number of aromatic nitrogens is 1. The Hall–Kier alpha value is -2.52. The van der Waals surface area contributed by atoms with Crippen molar-refractivity contribution in [1.82, 2.24) is 4.98 Å². The van der Waals surface area contributed by atoms with Crippen molar-refractivity contribution >= 4 is 51.5 Å². The first-order valence-electron chi connectivity index (χ1n) is 7.61. The number of pyridine rings is 1. The van der Waals surface area contributed by atoms with Crippen LogP contribution in [0.3, 0.4) is 0 Å². The van der Waals surface area contributed by atoms with Gasteiger partial charge in [0.2, 0.25) is 0 Å². The van der Waals surface area contributed by atoms with Gasteiger partial charge in [-0.1, -0.05) is 12.1 Å². The quantitative estimate of drug-likeness (QED) is 0.348. The SMILES string of the molecule is Cl.O=C(Cl)c1ccc(C(F)(F)F)cc1Nc1ccnc2c(C(F)(F)F)cccc12. The Balaban J connectivity index is 0.00000300. The smallest absolute Gasteiger partial charge is 0.354 e. The summed E-state index contributed by atoms with van der Waals surface area (Å²) < 4.78 is 78.5. The van der Waals surface area contributed by atoms with Gasteiger partial charge in [-0.05, 0) is 41.9 Å². The lowest BCUT2D eigenvalue weighted by Gasteiger charge is -2.16. The molecule has 1 aromatic heterocycles. The van der Waals surface area contributed by atoms with E-state index in [4.69, 9.17) is 11.6 Å². The molecular weight excluding hydrogens is 445 g/mol. The molecule has 11 heteroatoms. The van der Waals surface area contributed by atoms with Gasteiger partial charge in [0.1, 0.15) is 0 Å². The monoisotopic (exact) mass is 454 g/mol. The zero-order valence-electron chi connectivity index (χ0n) is 14.0. The molecule has 0 spiro atoms. The summed E-state index contributed by atoms with van der Waals surface area (Å²) in [6.07, 6.45) is -8.28. The molecule has 0 saturated carbocycles. The highest BCUT2D eigenvalue weighted by Gasteiger charge is 2.34. The van der Waals surface area contributed by atoms with Crippen LogP contribution in [-0.2, 0) is 12.4 Å². The Morgan fingerprint density at radius 1 is 0.931 bits per heavy atom. The van der Waals surface area contributed by atoms with E-state index in [0.29, 0.717) is 12.1 Å². The Morgan fingerprint density at radius 2 is 1.62 bits per heavy atom. The third-order valence-corrected chi connectivity index (χ3v) is 4.11. The highest BCUT2D eigenvalue weighted by atomic mass is 35.5. The second kappa shape index (κ2) is 8.08. The molecule has 1 heterocycles. The van der Waals surface area contributed by atoms with Crippen LogP contribution >= 0.6 is 24.0 Å². The van der Waals surface area contributed by atoms with Gasteiger partial charge in [-0.15, -0.1) is 12.4 Å². The zero-order chi connectivity index (χ0) is 20.7. The maximum absolute atomic E-state index is 13.2. The van der Waals surface area contributed by atoms with Crippen LogP contribution in [-0.4, -0.2) is 10.2 Å². The molecule has 2 aromatic carbocycles. The molecular formula is C18H10Cl2F6N2O. The highest BCUT2D eigenvalue weighted by molar-refractivity contribution is 6.68. The first-order chi connectivity index (χ1) is 13.0. The number of hydrogen-bond acceptors (Lipinski definition) is 3. The number of fused-ring (bicyclic) bond motifs is 1. The Labute approximate surface area is 171 Å². The van der Waals surface area contributed by atoms with E-state index in [2.05, 4.69) is 10.3 Å². The molecule has 3 aromatic rings. The van der Waals surface area contributed by atoms with Crippen molar-refractivity contribution in [3.8, 4) is 0 Å². The second-order valence-electron chi connectivity index (χ2n) is 5.71. The van der Waals surface area contributed by atoms with Crippen LogP contribution in [0.15, 0.2) is 48.7 Å². The van der Waals surface area contributed by atoms with Gasteiger partial charge in [0.05, 0.1) is 27.9 Å². The van der Waals surface area contributed by atoms with E-state index in [1.807, 2.05) is 0 Å². The third kappa shape index (κ3) is 4.73. The minimum Gasteiger partial charge on any atom is -0.354 e. The minimum absolute atomic E-state index is 0. The van der Waals surface area contributed by atoms with Crippen molar-refractivity contribution in [3.63, 3.8) is 0 Å². The number of benzene rings is 2. The lowest BCUT2D eigenvalue weighted by atomic mass is 10.1. The van der Waals surface area contributed by atoms with Gasteiger partial charge in [0.15, 0.2) is 0 Å². The van der Waals surface area contributed by atoms with Gasteiger partial charge in [-0.2, -0.15) is 26.3 Å². The normalized spacial score (nSPS) is 11.8. The summed E-state index contributed by atoms with van der Waals surface area (Å²) in [4.78, 5) is 15.3. The maximum Gasteiger partial charge on any atom is 0.418 e. The standard InChI is InChI=1S/C18H9ClF6N2O.ClH/c19-16(28)11-5-4-9(17(20,21)22)8-14(11)27-13-6-7-26-15-10(13)2-1-3-12(15)18(23,24)25;/h1-8H,(H,26,27);1H. The number of nitrogens with one attached hydrogen (secondary N) is 1. The van der Waals surface area contributed by atoms with E-state index >= 15 is 0 Å². The van der Waals surface area contributed by atoms with E-state index < -0.39 is 28.7 Å². The fourth-order valence-electron chi connectivity index (χ4n) is 2.65. The number of hydrogen-bond donors (Lipinski definition) is 1. The molecule has 0 unspecified atom stereocenters. The van der Waals surface area contributed by atoms with Crippen molar-refractivity contribution in [2.45, 2.75) is 12.4 Å². The molecule has 0 radical (unpaired) electrons. The molecule has 154 valence electrons. The number of anilines is 2. The first kappa shape index (κ1) is 22.8. The summed E-state index contributed by atoms with van der Waals surface area (Å²) in [5.74, 6) is 0. The largest absolute Gasteiger partial charge is 0.418 e. The zero-order valence-corrected chi connectivity index (χ0v) is 15.6. The van der Waals surface area contributed by atoms with E-state index in [0.717, 1.165) is 24.4 Å². The van der Waals surface area contributed by atoms with Crippen LogP contribution < -0.4 is 5.32 Å². The Bertz CT molecular complexity index is 1070. The Morgan fingerprint density at radius 3 is 2.21 bits per heavy atom.